The Hall–Kier alpha value is -2.14. The number of nitrogens with zero attached hydrogens (tertiary/aromatic N) is 1. The summed E-state index contributed by atoms with van der Waals surface area (Å²) >= 11 is 0. The van der Waals surface area contributed by atoms with Gasteiger partial charge in [-0.2, -0.15) is 0 Å². The second-order valence-electron chi connectivity index (χ2n) is 5.51. The standard InChI is InChI=1S/C16H20N4O/c1-11-8-12-2-3-15(9-13(12)10-18-11)20-16(21)19-14-4-6-17-7-5-14/h2-3,8-10,14,17H,4-7H2,1H3,(H2,19,20,21). The fourth-order valence-corrected chi connectivity index (χ4v) is 2.65. The van der Waals surface area contributed by atoms with E-state index in [1.807, 2.05) is 37.4 Å². The number of benzene rings is 1. The molecule has 0 bridgehead atoms. The maximum absolute atomic E-state index is 12.0. The number of hydrogen-bond acceptors (Lipinski definition) is 3. The zero-order valence-corrected chi connectivity index (χ0v) is 12.1. The van der Waals surface area contributed by atoms with Crippen molar-refractivity contribution >= 4 is 22.5 Å². The lowest BCUT2D eigenvalue weighted by Gasteiger charge is -2.23. The third-order valence-corrected chi connectivity index (χ3v) is 3.79. The zero-order valence-electron chi connectivity index (χ0n) is 12.1. The monoisotopic (exact) mass is 284 g/mol. The minimum absolute atomic E-state index is 0.138. The third kappa shape index (κ3) is 3.49. The lowest BCUT2D eigenvalue weighted by atomic mass is 10.1. The lowest BCUT2D eigenvalue weighted by Crippen LogP contribution is -2.44. The maximum atomic E-state index is 12.0. The Morgan fingerprint density at radius 1 is 1.24 bits per heavy atom. The summed E-state index contributed by atoms with van der Waals surface area (Å²) in [6.45, 7) is 3.90. The van der Waals surface area contributed by atoms with Gasteiger partial charge < -0.3 is 16.0 Å². The number of piperidine rings is 1. The summed E-state index contributed by atoms with van der Waals surface area (Å²) in [6.07, 6.45) is 3.79. The van der Waals surface area contributed by atoms with Crippen LogP contribution in [-0.4, -0.2) is 30.1 Å². The van der Waals surface area contributed by atoms with Crippen LogP contribution in [0.3, 0.4) is 0 Å². The van der Waals surface area contributed by atoms with Crippen molar-refractivity contribution in [2.45, 2.75) is 25.8 Å². The topological polar surface area (TPSA) is 66.1 Å². The highest BCUT2D eigenvalue weighted by Crippen LogP contribution is 2.19. The number of amides is 2. The maximum Gasteiger partial charge on any atom is 0.319 e. The number of urea groups is 1. The van der Waals surface area contributed by atoms with E-state index < -0.39 is 0 Å². The molecule has 110 valence electrons. The van der Waals surface area contributed by atoms with Gasteiger partial charge in [0.05, 0.1) is 0 Å². The van der Waals surface area contributed by atoms with E-state index in [-0.39, 0.29) is 12.1 Å². The Labute approximate surface area is 124 Å². The predicted molar refractivity (Wildman–Crippen MR) is 84.5 cm³/mol. The zero-order chi connectivity index (χ0) is 14.7. The van der Waals surface area contributed by atoms with E-state index in [9.17, 15) is 4.79 Å². The summed E-state index contributed by atoms with van der Waals surface area (Å²) in [4.78, 5) is 16.3. The van der Waals surface area contributed by atoms with Crippen molar-refractivity contribution in [1.29, 1.82) is 0 Å². The molecule has 0 aliphatic carbocycles. The average molecular weight is 284 g/mol. The first-order chi connectivity index (χ1) is 10.2. The molecule has 1 aliphatic rings. The molecule has 1 aliphatic heterocycles. The molecule has 2 amide bonds. The summed E-state index contributed by atoms with van der Waals surface area (Å²) < 4.78 is 0. The van der Waals surface area contributed by atoms with Crippen molar-refractivity contribution in [2.24, 2.45) is 0 Å². The molecule has 2 heterocycles. The Balaban J connectivity index is 1.66. The molecule has 21 heavy (non-hydrogen) atoms. The molecule has 5 nitrogen and oxygen atoms in total. The van der Waals surface area contributed by atoms with E-state index in [0.717, 1.165) is 48.1 Å². The lowest BCUT2D eigenvalue weighted by molar-refractivity contribution is 0.245. The molecule has 0 unspecified atom stereocenters. The Bertz CT molecular complexity index is 650. The molecule has 5 heteroatoms. The van der Waals surface area contributed by atoms with E-state index in [2.05, 4.69) is 20.9 Å². The van der Waals surface area contributed by atoms with Crippen molar-refractivity contribution in [1.82, 2.24) is 15.6 Å². The Morgan fingerprint density at radius 3 is 2.86 bits per heavy atom. The van der Waals surface area contributed by atoms with Crippen molar-refractivity contribution in [3.05, 3.63) is 36.2 Å². The summed E-state index contributed by atoms with van der Waals surface area (Å²) in [5.41, 5.74) is 1.78. The summed E-state index contributed by atoms with van der Waals surface area (Å²) in [7, 11) is 0. The van der Waals surface area contributed by atoms with Gasteiger partial charge in [-0.1, -0.05) is 6.07 Å². The summed E-state index contributed by atoms with van der Waals surface area (Å²) in [5, 5.41) is 11.4. The van der Waals surface area contributed by atoms with Crippen LogP contribution in [0.5, 0.6) is 0 Å². The van der Waals surface area contributed by atoms with Crippen LogP contribution in [0.4, 0.5) is 10.5 Å². The van der Waals surface area contributed by atoms with Crippen LogP contribution in [0, 0.1) is 6.92 Å². The third-order valence-electron chi connectivity index (χ3n) is 3.79. The van der Waals surface area contributed by atoms with Gasteiger partial charge in [0.25, 0.3) is 0 Å². The van der Waals surface area contributed by atoms with Crippen molar-refractivity contribution in [3.63, 3.8) is 0 Å². The fraction of sp³-hybridized carbons (Fsp3) is 0.375. The molecule has 1 saturated heterocycles. The molecular weight excluding hydrogens is 264 g/mol. The van der Waals surface area contributed by atoms with Crippen LogP contribution < -0.4 is 16.0 Å². The number of anilines is 1. The highest BCUT2D eigenvalue weighted by atomic mass is 16.2. The van der Waals surface area contributed by atoms with Gasteiger partial charge in [0, 0.05) is 29.0 Å². The molecule has 0 atom stereocenters. The van der Waals surface area contributed by atoms with Gasteiger partial charge in [-0.15, -0.1) is 0 Å². The van der Waals surface area contributed by atoms with Crippen LogP contribution >= 0.6 is 0 Å². The first kappa shape index (κ1) is 13.8. The number of aryl methyl sites for hydroxylation is 1. The van der Waals surface area contributed by atoms with E-state index in [1.54, 1.807) is 0 Å². The molecule has 2 aromatic rings. The number of nitrogens with one attached hydrogen (secondary N) is 3. The average Bonchev–Trinajstić information content (AvgIpc) is 2.48. The smallest absolute Gasteiger partial charge is 0.319 e. The second-order valence-corrected chi connectivity index (χ2v) is 5.51. The number of rotatable bonds is 2. The van der Waals surface area contributed by atoms with Gasteiger partial charge in [-0.3, -0.25) is 4.98 Å². The van der Waals surface area contributed by atoms with Gasteiger partial charge in [0.1, 0.15) is 0 Å². The Kier molecular flexibility index (Phi) is 4.01. The van der Waals surface area contributed by atoms with Crippen molar-refractivity contribution in [2.75, 3.05) is 18.4 Å². The molecule has 3 N–H and O–H groups in total. The van der Waals surface area contributed by atoms with Gasteiger partial charge in [0.15, 0.2) is 0 Å². The minimum Gasteiger partial charge on any atom is -0.335 e. The fourth-order valence-electron chi connectivity index (χ4n) is 2.65. The highest BCUT2D eigenvalue weighted by molar-refractivity contribution is 5.93. The normalized spacial score (nSPS) is 15.9. The largest absolute Gasteiger partial charge is 0.335 e. The van der Waals surface area contributed by atoms with Gasteiger partial charge in [-0.05, 0) is 56.4 Å². The number of aromatic nitrogens is 1. The summed E-state index contributed by atoms with van der Waals surface area (Å²) in [5.74, 6) is 0. The van der Waals surface area contributed by atoms with Gasteiger partial charge >= 0.3 is 6.03 Å². The van der Waals surface area contributed by atoms with Crippen LogP contribution in [0.1, 0.15) is 18.5 Å². The molecule has 1 fully saturated rings. The first-order valence-electron chi connectivity index (χ1n) is 7.35. The molecule has 0 spiro atoms. The van der Waals surface area contributed by atoms with Crippen molar-refractivity contribution in [3.8, 4) is 0 Å². The molecule has 1 aromatic carbocycles. The number of pyridine rings is 1. The molecule has 1 aromatic heterocycles. The molecule has 3 rings (SSSR count). The van der Waals surface area contributed by atoms with Crippen LogP contribution in [0.15, 0.2) is 30.5 Å². The van der Waals surface area contributed by atoms with Gasteiger partial charge in [0.2, 0.25) is 0 Å². The van der Waals surface area contributed by atoms with E-state index >= 15 is 0 Å². The summed E-state index contributed by atoms with van der Waals surface area (Å²) in [6, 6.07) is 8.03. The SMILES string of the molecule is Cc1cc2ccc(NC(=O)NC3CCNCC3)cc2cn1. The van der Waals surface area contributed by atoms with Crippen LogP contribution in [0.25, 0.3) is 10.8 Å². The number of carbonyl (C=O) groups is 1. The molecule has 0 saturated carbocycles. The highest BCUT2D eigenvalue weighted by Gasteiger charge is 2.15. The van der Waals surface area contributed by atoms with E-state index in [0.29, 0.717) is 0 Å². The first-order valence-corrected chi connectivity index (χ1v) is 7.35. The number of hydrogen-bond donors (Lipinski definition) is 3. The second kappa shape index (κ2) is 6.10. The van der Waals surface area contributed by atoms with Crippen LogP contribution in [0.2, 0.25) is 0 Å². The number of carbonyl (C=O) groups excluding carboxylic acids is 1. The quantitative estimate of drug-likeness (QED) is 0.793. The van der Waals surface area contributed by atoms with E-state index in [4.69, 9.17) is 0 Å². The molecule has 0 radical (unpaired) electrons. The van der Waals surface area contributed by atoms with Crippen molar-refractivity contribution < 1.29 is 4.79 Å². The van der Waals surface area contributed by atoms with E-state index in [1.165, 1.54) is 0 Å². The van der Waals surface area contributed by atoms with Crippen LogP contribution in [-0.2, 0) is 0 Å². The number of fused-ring (bicyclic) bond motifs is 1. The predicted octanol–water partition coefficient (Wildman–Crippen LogP) is 2.42. The van der Waals surface area contributed by atoms with Gasteiger partial charge in [-0.25, -0.2) is 4.79 Å². The minimum atomic E-state index is -0.138. The Morgan fingerprint density at radius 2 is 2.05 bits per heavy atom. The molecular formula is C16H20N4O.